The van der Waals surface area contributed by atoms with E-state index in [0.717, 1.165) is 57.8 Å². The highest BCUT2D eigenvalue weighted by atomic mass is 16.7. The third kappa shape index (κ3) is 18.3. The summed E-state index contributed by atoms with van der Waals surface area (Å²) in [6.07, 6.45) is 19.4. The molecule has 43 heavy (non-hydrogen) atoms. The van der Waals surface area contributed by atoms with Gasteiger partial charge in [-0.25, -0.2) is 0 Å². The Morgan fingerprint density at radius 1 is 0.767 bits per heavy atom. The molecule has 0 aromatic heterocycles. The van der Waals surface area contributed by atoms with E-state index in [-0.39, 0.29) is 12.5 Å². The van der Waals surface area contributed by atoms with Gasteiger partial charge < -0.3 is 40.3 Å². The molecule has 0 aromatic carbocycles. The van der Waals surface area contributed by atoms with Gasteiger partial charge in [-0.2, -0.15) is 0 Å². The zero-order valence-electron chi connectivity index (χ0n) is 27.0. The number of hydrogen-bond acceptors (Lipinski definition) is 8. The average Bonchev–Trinajstić information content (AvgIpc) is 3.00. The average molecular weight is 614 g/mol. The van der Waals surface area contributed by atoms with Crippen LogP contribution in [0.3, 0.4) is 0 Å². The summed E-state index contributed by atoms with van der Waals surface area (Å²) in [5.41, 5.74) is 0. The Kier molecular flexibility index (Phi) is 23.9. The second-order valence-corrected chi connectivity index (χ2v) is 12.0. The number of carbonyl (C=O) groups excluding carboxylic acids is 1. The first kappa shape index (κ1) is 39.7. The van der Waals surface area contributed by atoms with Crippen molar-refractivity contribution < 1.29 is 39.8 Å². The van der Waals surface area contributed by atoms with Crippen LogP contribution in [0.5, 0.6) is 0 Å². The molecule has 9 nitrogen and oxygen atoms in total. The predicted octanol–water partition coefficient (Wildman–Crippen LogP) is 4.82. The van der Waals surface area contributed by atoms with Crippen molar-refractivity contribution in [3.05, 3.63) is 24.3 Å². The number of allylic oxidation sites excluding steroid dienone is 3. The lowest BCUT2D eigenvalue weighted by atomic mass is 9.99. The molecule has 0 spiro atoms. The molecule has 0 bridgehead atoms. The maximum Gasteiger partial charge on any atom is 0.220 e. The van der Waals surface area contributed by atoms with Crippen LogP contribution in [0.2, 0.25) is 0 Å². The highest BCUT2D eigenvalue weighted by Gasteiger charge is 2.44. The first-order chi connectivity index (χ1) is 20.8. The molecule has 1 aliphatic heterocycles. The minimum absolute atomic E-state index is 0.192. The van der Waals surface area contributed by atoms with E-state index < -0.39 is 49.5 Å². The molecule has 1 amide bonds. The predicted molar refractivity (Wildman–Crippen MR) is 170 cm³/mol. The highest BCUT2D eigenvalue weighted by Crippen LogP contribution is 2.22. The number of amides is 1. The molecule has 1 heterocycles. The van der Waals surface area contributed by atoms with E-state index in [1.54, 1.807) is 6.08 Å². The van der Waals surface area contributed by atoms with Crippen LogP contribution in [-0.4, -0.2) is 87.5 Å². The smallest absolute Gasteiger partial charge is 0.220 e. The van der Waals surface area contributed by atoms with Crippen LogP contribution in [0.15, 0.2) is 24.3 Å². The molecule has 1 saturated heterocycles. The van der Waals surface area contributed by atoms with Gasteiger partial charge in [-0.05, 0) is 38.5 Å². The molecule has 252 valence electrons. The molecule has 1 rings (SSSR count). The van der Waals surface area contributed by atoms with E-state index in [0.29, 0.717) is 6.42 Å². The number of ether oxygens (including phenoxy) is 2. The van der Waals surface area contributed by atoms with Crippen molar-refractivity contribution >= 4 is 5.91 Å². The molecule has 0 aromatic rings. The Morgan fingerprint density at radius 2 is 1.33 bits per heavy atom. The Morgan fingerprint density at radius 3 is 1.95 bits per heavy atom. The van der Waals surface area contributed by atoms with Crippen molar-refractivity contribution in [3.63, 3.8) is 0 Å². The third-order valence-corrected chi connectivity index (χ3v) is 8.02. The SMILES string of the molecule is CCCC/C=C\CCCCCCC(=O)NC(COC1OC(CO)C(O)C(O)C1O)C(O)/C=C/CCCCCCCCCC. The third-order valence-electron chi connectivity index (χ3n) is 8.02. The van der Waals surface area contributed by atoms with Crippen LogP contribution < -0.4 is 5.32 Å². The molecule has 1 fully saturated rings. The second-order valence-electron chi connectivity index (χ2n) is 12.0. The van der Waals surface area contributed by atoms with E-state index in [2.05, 4.69) is 31.3 Å². The van der Waals surface area contributed by atoms with Gasteiger partial charge in [0.05, 0.1) is 25.4 Å². The normalized spacial score (nSPS) is 24.1. The monoisotopic (exact) mass is 613 g/mol. The molecule has 1 aliphatic rings. The first-order valence-electron chi connectivity index (χ1n) is 17.1. The van der Waals surface area contributed by atoms with Crippen molar-refractivity contribution in [2.75, 3.05) is 13.2 Å². The van der Waals surface area contributed by atoms with E-state index in [9.17, 15) is 30.3 Å². The summed E-state index contributed by atoms with van der Waals surface area (Å²) >= 11 is 0. The molecule has 0 radical (unpaired) electrons. The fourth-order valence-corrected chi connectivity index (χ4v) is 5.13. The fourth-order valence-electron chi connectivity index (χ4n) is 5.13. The van der Waals surface area contributed by atoms with E-state index in [4.69, 9.17) is 9.47 Å². The van der Waals surface area contributed by atoms with Gasteiger partial charge in [0.15, 0.2) is 6.29 Å². The van der Waals surface area contributed by atoms with Gasteiger partial charge in [0.25, 0.3) is 0 Å². The number of aliphatic hydroxyl groups is 5. The zero-order chi connectivity index (χ0) is 31.7. The lowest BCUT2D eigenvalue weighted by Gasteiger charge is -2.40. The lowest BCUT2D eigenvalue weighted by Crippen LogP contribution is -2.60. The topological polar surface area (TPSA) is 149 Å². The maximum absolute atomic E-state index is 12.7. The van der Waals surface area contributed by atoms with Crippen LogP contribution in [0.1, 0.15) is 129 Å². The largest absolute Gasteiger partial charge is 0.394 e. The number of rotatable bonds is 26. The summed E-state index contributed by atoms with van der Waals surface area (Å²) in [6, 6.07) is -0.803. The molecule has 0 saturated carbocycles. The quantitative estimate of drug-likeness (QED) is 0.0601. The van der Waals surface area contributed by atoms with Crippen LogP contribution in [0.25, 0.3) is 0 Å². The van der Waals surface area contributed by atoms with Gasteiger partial charge >= 0.3 is 0 Å². The summed E-state index contributed by atoms with van der Waals surface area (Å²) in [7, 11) is 0. The van der Waals surface area contributed by atoms with Crippen molar-refractivity contribution in [1.29, 1.82) is 0 Å². The first-order valence-corrected chi connectivity index (χ1v) is 17.1. The van der Waals surface area contributed by atoms with Crippen LogP contribution in [-0.2, 0) is 14.3 Å². The van der Waals surface area contributed by atoms with E-state index in [1.165, 1.54) is 51.4 Å². The van der Waals surface area contributed by atoms with Crippen LogP contribution in [0.4, 0.5) is 0 Å². The molecule has 7 unspecified atom stereocenters. The van der Waals surface area contributed by atoms with E-state index in [1.807, 2.05) is 6.08 Å². The van der Waals surface area contributed by atoms with E-state index >= 15 is 0 Å². The molecular formula is C34H63NO8. The summed E-state index contributed by atoms with van der Waals surface area (Å²) in [4.78, 5) is 12.7. The lowest BCUT2D eigenvalue weighted by molar-refractivity contribution is -0.302. The Hall–Kier alpha value is -1.33. The fraction of sp³-hybridized carbons (Fsp3) is 0.853. The molecular weight excluding hydrogens is 550 g/mol. The summed E-state index contributed by atoms with van der Waals surface area (Å²) < 4.78 is 11.1. The molecule has 6 N–H and O–H groups in total. The van der Waals surface area contributed by atoms with Crippen molar-refractivity contribution in [3.8, 4) is 0 Å². The van der Waals surface area contributed by atoms with Crippen molar-refractivity contribution in [2.45, 2.75) is 172 Å². The molecule has 7 atom stereocenters. The van der Waals surface area contributed by atoms with Gasteiger partial charge in [-0.15, -0.1) is 0 Å². The second kappa shape index (κ2) is 25.9. The van der Waals surface area contributed by atoms with Crippen LogP contribution in [0, 0.1) is 0 Å². The number of hydrogen-bond donors (Lipinski definition) is 6. The van der Waals surface area contributed by atoms with Gasteiger partial charge in [-0.3, -0.25) is 4.79 Å². The van der Waals surface area contributed by atoms with Gasteiger partial charge in [0, 0.05) is 6.42 Å². The van der Waals surface area contributed by atoms with Gasteiger partial charge in [0.1, 0.15) is 24.4 Å². The number of nitrogens with one attached hydrogen (secondary N) is 1. The summed E-state index contributed by atoms with van der Waals surface area (Å²) in [5, 5.41) is 53.6. The van der Waals surface area contributed by atoms with Gasteiger partial charge in [-0.1, -0.05) is 109 Å². The highest BCUT2D eigenvalue weighted by molar-refractivity contribution is 5.76. The zero-order valence-corrected chi connectivity index (χ0v) is 27.0. The van der Waals surface area contributed by atoms with Crippen molar-refractivity contribution in [2.24, 2.45) is 0 Å². The number of carbonyl (C=O) groups is 1. The Balaban J connectivity index is 2.55. The number of aliphatic hydroxyl groups excluding tert-OH is 5. The molecule has 9 heteroatoms. The maximum atomic E-state index is 12.7. The Labute approximate surface area is 260 Å². The summed E-state index contributed by atoms with van der Waals surface area (Å²) in [5.74, 6) is -0.197. The summed E-state index contributed by atoms with van der Waals surface area (Å²) in [6.45, 7) is 3.65. The Bertz CT molecular complexity index is 731. The van der Waals surface area contributed by atoms with Crippen molar-refractivity contribution in [1.82, 2.24) is 5.32 Å². The number of unbranched alkanes of at least 4 members (excludes halogenated alkanes) is 14. The van der Waals surface area contributed by atoms with Gasteiger partial charge in [0.2, 0.25) is 5.91 Å². The minimum Gasteiger partial charge on any atom is -0.394 e. The van der Waals surface area contributed by atoms with Crippen LogP contribution >= 0.6 is 0 Å². The standard InChI is InChI=1S/C34H63NO8/c1-3-5-7-9-11-13-15-17-19-21-23-28(37)27(26-42-34-33(41)32(40)31(39)29(25-36)43-34)35-30(38)24-22-20-18-16-14-12-10-8-6-4-2/h10,12,21,23,27-29,31-34,36-37,39-41H,3-9,11,13-20,22,24-26H2,1-2H3,(H,35,38)/b12-10-,23-21+. The molecule has 0 aliphatic carbocycles. The minimum atomic E-state index is -1.56.